The molecule has 0 N–H and O–H groups in total. The lowest BCUT2D eigenvalue weighted by Gasteiger charge is -2.07. The van der Waals surface area contributed by atoms with Gasteiger partial charge in [-0.2, -0.15) is 0 Å². The van der Waals surface area contributed by atoms with Crippen LogP contribution in [0.2, 0.25) is 0 Å². The van der Waals surface area contributed by atoms with Crippen molar-refractivity contribution in [2.24, 2.45) is 0 Å². The molecule has 0 fully saturated rings. The summed E-state index contributed by atoms with van der Waals surface area (Å²) in [5.74, 6) is 0.218. The number of aromatic nitrogens is 2. The molecule has 3 rings (SSSR count). The largest absolute Gasteiger partial charge is 0.496 e. The Morgan fingerprint density at radius 3 is 2.70 bits per heavy atom. The maximum atomic E-state index is 12.1. The minimum atomic E-state index is -0.504. The highest BCUT2D eigenvalue weighted by Crippen LogP contribution is 2.25. The second-order valence-electron chi connectivity index (χ2n) is 4.79. The van der Waals surface area contributed by atoms with Crippen LogP contribution in [-0.4, -0.2) is 23.0 Å². The molecule has 0 radical (unpaired) electrons. The fourth-order valence-corrected chi connectivity index (χ4v) is 2.67. The quantitative estimate of drug-likeness (QED) is 0.652. The van der Waals surface area contributed by atoms with Crippen LogP contribution in [-0.2, 0) is 11.3 Å². The summed E-state index contributed by atoms with van der Waals surface area (Å²) in [5, 5.41) is 0. The zero-order chi connectivity index (χ0) is 16.2. The van der Waals surface area contributed by atoms with Gasteiger partial charge >= 0.3 is 5.97 Å². The van der Waals surface area contributed by atoms with Crippen molar-refractivity contribution in [1.82, 2.24) is 9.97 Å². The minimum Gasteiger partial charge on any atom is -0.496 e. The number of hydrogen-bond acceptors (Lipinski definition) is 5. The molecule has 0 saturated carbocycles. The van der Waals surface area contributed by atoms with E-state index in [0.717, 1.165) is 21.3 Å². The zero-order valence-electron chi connectivity index (χ0n) is 12.3. The van der Waals surface area contributed by atoms with Gasteiger partial charge in [0.25, 0.3) is 0 Å². The summed E-state index contributed by atoms with van der Waals surface area (Å²) in [6, 6.07) is 12.9. The van der Waals surface area contributed by atoms with Gasteiger partial charge in [-0.05, 0) is 45.8 Å². The molecule has 0 aliphatic heterocycles. The number of nitrogens with zero attached hydrogens (tertiary/aromatic N) is 2. The lowest BCUT2D eigenvalue weighted by Crippen LogP contribution is -2.08. The summed E-state index contributed by atoms with van der Waals surface area (Å²) >= 11 is 3.40. The van der Waals surface area contributed by atoms with Crippen LogP contribution in [0, 0.1) is 0 Å². The summed E-state index contributed by atoms with van der Waals surface area (Å²) in [4.78, 5) is 20.6. The molecule has 23 heavy (non-hydrogen) atoms. The minimum absolute atomic E-state index is 0.149. The fourth-order valence-electron chi connectivity index (χ4n) is 2.08. The number of fused-ring (bicyclic) bond motifs is 1. The van der Waals surface area contributed by atoms with Gasteiger partial charge in [0.05, 0.1) is 28.8 Å². The van der Waals surface area contributed by atoms with Crippen LogP contribution in [0.4, 0.5) is 0 Å². The van der Waals surface area contributed by atoms with Crippen molar-refractivity contribution >= 4 is 32.9 Å². The molecule has 0 bridgehead atoms. The van der Waals surface area contributed by atoms with E-state index in [1.54, 1.807) is 13.2 Å². The number of methoxy groups -OCH3 is 1. The molecule has 2 aromatic carbocycles. The first-order chi connectivity index (χ1) is 11.2. The van der Waals surface area contributed by atoms with Crippen LogP contribution in [0.1, 0.15) is 16.1 Å². The van der Waals surface area contributed by atoms with E-state index < -0.39 is 5.97 Å². The van der Waals surface area contributed by atoms with Crippen molar-refractivity contribution in [2.45, 2.75) is 6.61 Å². The number of ether oxygens (including phenoxy) is 2. The molecular formula is C17H13BrN2O3. The van der Waals surface area contributed by atoms with E-state index in [9.17, 15) is 4.79 Å². The molecule has 1 aromatic heterocycles. The number of hydrogen-bond donors (Lipinski definition) is 0. The molecule has 0 unspecified atom stereocenters. The van der Waals surface area contributed by atoms with Crippen molar-refractivity contribution in [3.8, 4) is 5.75 Å². The predicted octanol–water partition coefficient (Wildman–Crippen LogP) is 3.76. The second kappa shape index (κ2) is 6.75. The van der Waals surface area contributed by atoms with Gasteiger partial charge in [-0.15, -0.1) is 0 Å². The maximum Gasteiger partial charge on any atom is 0.358 e. The van der Waals surface area contributed by atoms with Crippen LogP contribution >= 0.6 is 15.9 Å². The fraction of sp³-hybridized carbons (Fsp3) is 0.118. The number of benzene rings is 2. The molecule has 5 nitrogen and oxygen atoms in total. The van der Waals surface area contributed by atoms with E-state index in [0.29, 0.717) is 5.52 Å². The molecule has 0 aliphatic rings. The van der Waals surface area contributed by atoms with Gasteiger partial charge in [0.15, 0.2) is 5.69 Å². The van der Waals surface area contributed by atoms with Gasteiger partial charge in [0.1, 0.15) is 12.4 Å². The smallest absolute Gasteiger partial charge is 0.358 e. The Balaban J connectivity index is 1.72. The highest BCUT2D eigenvalue weighted by Gasteiger charge is 2.11. The molecule has 0 atom stereocenters. The first-order valence-electron chi connectivity index (χ1n) is 6.88. The molecular weight excluding hydrogens is 360 g/mol. The van der Waals surface area contributed by atoms with Crippen LogP contribution in [0.25, 0.3) is 11.0 Å². The summed E-state index contributed by atoms with van der Waals surface area (Å²) in [6.45, 7) is 0.149. The van der Waals surface area contributed by atoms with Crippen LogP contribution in [0.3, 0.4) is 0 Å². The third-order valence-electron chi connectivity index (χ3n) is 3.24. The van der Waals surface area contributed by atoms with Crippen molar-refractivity contribution in [1.29, 1.82) is 0 Å². The van der Waals surface area contributed by atoms with Gasteiger partial charge < -0.3 is 9.47 Å². The second-order valence-corrected chi connectivity index (χ2v) is 5.64. The predicted molar refractivity (Wildman–Crippen MR) is 89.4 cm³/mol. The number of carbonyl (C=O) groups is 1. The van der Waals surface area contributed by atoms with Gasteiger partial charge in [-0.25, -0.2) is 9.78 Å². The number of para-hydroxylation sites is 2. The van der Waals surface area contributed by atoms with Crippen LogP contribution < -0.4 is 4.74 Å². The van der Waals surface area contributed by atoms with Crippen LogP contribution in [0.5, 0.6) is 5.75 Å². The number of esters is 1. The van der Waals surface area contributed by atoms with Crippen molar-refractivity contribution in [2.75, 3.05) is 7.11 Å². The van der Waals surface area contributed by atoms with Crippen LogP contribution in [0.15, 0.2) is 53.1 Å². The van der Waals surface area contributed by atoms with Gasteiger partial charge in [0, 0.05) is 0 Å². The van der Waals surface area contributed by atoms with E-state index in [1.165, 1.54) is 6.20 Å². The van der Waals surface area contributed by atoms with Gasteiger partial charge in [0.2, 0.25) is 0 Å². The Bertz CT molecular complexity index is 867. The van der Waals surface area contributed by atoms with Crippen molar-refractivity contribution in [3.05, 3.63) is 64.4 Å². The number of halogens is 1. The highest BCUT2D eigenvalue weighted by atomic mass is 79.9. The summed E-state index contributed by atoms with van der Waals surface area (Å²) in [7, 11) is 1.60. The summed E-state index contributed by atoms with van der Waals surface area (Å²) in [5.41, 5.74) is 2.44. The Hall–Kier alpha value is -2.47. The maximum absolute atomic E-state index is 12.1. The Morgan fingerprint density at radius 1 is 1.17 bits per heavy atom. The average molecular weight is 373 g/mol. The SMILES string of the molecule is COc1ccc(COC(=O)c2cnc3ccccc3n2)cc1Br. The summed E-state index contributed by atoms with van der Waals surface area (Å²) < 4.78 is 11.3. The topological polar surface area (TPSA) is 61.3 Å². The van der Waals surface area contributed by atoms with E-state index in [-0.39, 0.29) is 12.3 Å². The van der Waals surface area contributed by atoms with E-state index in [1.807, 2.05) is 36.4 Å². The molecule has 116 valence electrons. The lowest BCUT2D eigenvalue weighted by atomic mass is 10.2. The van der Waals surface area contributed by atoms with E-state index in [2.05, 4.69) is 25.9 Å². The third kappa shape index (κ3) is 3.48. The molecule has 3 aromatic rings. The van der Waals surface area contributed by atoms with Gasteiger partial charge in [-0.1, -0.05) is 18.2 Å². The standard InChI is InChI=1S/C17H13BrN2O3/c1-22-16-7-6-11(8-12(16)18)10-23-17(21)15-9-19-13-4-2-3-5-14(13)20-15/h2-9H,10H2,1H3. The Labute approximate surface area is 141 Å². The average Bonchev–Trinajstić information content (AvgIpc) is 2.59. The van der Waals surface area contributed by atoms with Crippen molar-refractivity contribution in [3.63, 3.8) is 0 Å². The van der Waals surface area contributed by atoms with Crippen molar-refractivity contribution < 1.29 is 14.3 Å². The van der Waals surface area contributed by atoms with Gasteiger partial charge in [-0.3, -0.25) is 4.98 Å². The normalized spacial score (nSPS) is 10.5. The third-order valence-corrected chi connectivity index (χ3v) is 3.86. The van der Waals surface area contributed by atoms with E-state index in [4.69, 9.17) is 9.47 Å². The molecule has 0 aliphatic carbocycles. The molecule has 0 amide bonds. The summed E-state index contributed by atoms with van der Waals surface area (Å²) in [6.07, 6.45) is 1.43. The molecule has 1 heterocycles. The first-order valence-corrected chi connectivity index (χ1v) is 7.68. The van der Waals surface area contributed by atoms with E-state index >= 15 is 0 Å². The zero-order valence-corrected chi connectivity index (χ0v) is 13.9. The monoisotopic (exact) mass is 372 g/mol. The molecule has 0 spiro atoms. The Morgan fingerprint density at radius 2 is 1.96 bits per heavy atom. The number of rotatable bonds is 4. The first kappa shape index (κ1) is 15.4. The number of carbonyl (C=O) groups excluding carboxylic acids is 1. The Kier molecular flexibility index (Phi) is 4.52. The highest BCUT2D eigenvalue weighted by molar-refractivity contribution is 9.10. The molecule has 6 heteroatoms. The molecule has 0 saturated heterocycles. The lowest BCUT2D eigenvalue weighted by molar-refractivity contribution is 0.0465.